The summed E-state index contributed by atoms with van der Waals surface area (Å²) in [4.78, 5) is 30.5. The zero-order valence-electron chi connectivity index (χ0n) is 33.6. The number of benzene rings is 7. The molecule has 0 N–H and O–H groups in total. The number of rotatable bonds is 6. The van der Waals surface area contributed by atoms with Crippen molar-refractivity contribution < 1.29 is 0 Å². The molecule has 0 radical (unpaired) electrons. The number of hydrogen-bond donors (Lipinski definition) is 0. The molecule has 294 valence electrons. The summed E-state index contributed by atoms with van der Waals surface area (Å²) >= 11 is 0. The summed E-state index contributed by atoms with van der Waals surface area (Å²) in [5.74, 6) is 3.94. The normalized spacial score (nSPS) is 11.8. The van der Waals surface area contributed by atoms with Crippen molar-refractivity contribution >= 4 is 65.4 Å². The van der Waals surface area contributed by atoms with E-state index in [2.05, 4.69) is 177 Å². The van der Waals surface area contributed by atoms with Crippen LogP contribution in [0.15, 0.2) is 201 Å². The zero-order valence-corrected chi connectivity index (χ0v) is 33.6. The van der Waals surface area contributed by atoms with Crippen molar-refractivity contribution in [2.45, 2.75) is 0 Å². The summed E-state index contributed by atoms with van der Waals surface area (Å²) in [6, 6.07) is 62.7. The van der Waals surface area contributed by atoms with Gasteiger partial charge >= 0.3 is 0 Å². The minimum Gasteiger partial charge on any atom is -0.294 e. The predicted octanol–water partition coefficient (Wildman–Crippen LogP) is 12.3. The lowest BCUT2D eigenvalue weighted by molar-refractivity contribution is 1.04. The van der Waals surface area contributed by atoms with Gasteiger partial charge in [0.1, 0.15) is 17.5 Å². The van der Waals surface area contributed by atoms with Crippen molar-refractivity contribution in [3.8, 4) is 51.6 Å². The van der Waals surface area contributed by atoms with Gasteiger partial charge < -0.3 is 0 Å². The first-order valence-corrected chi connectivity index (χ1v) is 20.9. The molecule has 63 heavy (non-hydrogen) atoms. The Morgan fingerprint density at radius 2 is 0.476 bits per heavy atom. The standard InChI is InChI=1S/C54H33N9/c1-7-19-43-37(13-1)38-14-2-8-20-44(38)61(43)49-25-28-55-52(58-49)34-31-35(53-56-29-26-50(59-53)62-45-21-9-3-15-39(45)40-16-4-10-22-46(40)62)33-36(32-34)54-57-30-27-51(60-54)63-47-23-11-5-17-41(47)42-18-6-12-24-48(42)63/h1-33H. The molecule has 13 rings (SSSR count). The summed E-state index contributed by atoms with van der Waals surface area (Å²) < 4.78 is 6.62. The van der Waals surface area contributed by atoms with E-state index in [0.29, 0.717) is 17.5 Å². The Labute approximate surface area is 359 Å². The van der Waals surface area contributed by atoms with Gasteiger partial charge in [-0.3, -0.25) is 13.7 Å². The number of nitrogens with zero attached hydrogens (tertiary/aromatic N) is 9. The van der Waals surface area contributed by atoms with Crippen molar-refractivity contribution in [1.29, 1.82) is 0 Å². The fourth-order valence-electron chi connectivity index (χ4n) is 9.36. The van der Waals surface area contributed by atoms with Crippen LogP contribution in [0.3, 0.4) is 0 Å². The number of hydrogen-bond acceptors (Lipinski definition) is 6. The summed E-state index contributed by atoms with van der Waals surface area (Å²) in [5.41, 5.74) is 8.77. The molecule has 0 spiro atoms. The Hall–Kier alpha value is -8.82. The quantitative estimate of drug-likeness (QED) is 0.166. The number of fused-ring (bicyclic) bond motifs is 9. The maximum atomic E-state index is 5.27. The average molecular weight is 808 g/mol. The van der Waals surface area contributed by atoms with Gasteiger partial charge in [-0.2, -0.15) is 0 Å². The van der Waals surface area contributed by atoms with E-state index in [-0.39, 0.29) is 0 Å². The largest absolute Gasteiger partial charge is 0.294 e. The predicted molar refractivity (Wildman–Crippen MR) is 253 cm³/mol. The van der Waals surface area contributed by atoms with E-state index in [0.717, 1.165) is 99.6 Å². The molecule has 7 aromatic carbocycles. The number of aromatic nitrogens is 9. The average Bonchev–Trinajstić information content (AvgIpc) is 4.00. The Morgan fingerprint density at radius 1 is 0.254 bits per heavy atom. The van der Waals surface area contributed by atoms with Crippen LogP contribution < -0.4 is 0 Å². The SMILES string of the molecule is c1ccc2c(c1)c1ccccc1n2-c1ccnc(-c2cc(-c3nccc(-n4c5ccccc5c5ccccc54)n3)cc(-c3nccc(-n4c5ccccc5c5ccccc54)n3)c2)n1. The maximum absolute atomic E-state index is 5.27. The highest BCUT2D eigenvalue weighted by Gasteiger charge is 2.19. The van der Waals surface area contributed by atoms with Gasteiger partial charge in [0, 0.05) is 67.6 Å². The van der Waals surface area contributed by atoms with Crippen LogP contribution in [0.1, 0.15) is 0 Å². The van der Waals surface area contributed by atoms with Crippen molar-refractivity contribution in [3.05, 3.63) is 201 Å². The highest BCUT2D eigenvalue weighted by atomic mass is 15.1. The first-order chi connectivity index (χ1) is 31.2. The van der Waals surface area contributed by atoms with Crippen LogP contribution in [0, 0.1) is 0 Å². The van der Waals surface area contributed by atoms with E-state index < -0.39 is 0 Å². The molecular formula is C54H33N9. The molecule has 0 aliphatic heterocycles. The Bertz CT molecular complexity index is 3370. The van der Waals surface area contributed by atoms with Crippen molar-refractivity contribution in [3.63, 3.8) is 0 Å². The van der Waals surface area contributed by atoms with E-state index in [1.165, 1.54) is 0 Å². The summed E-state index contributed by atoms with van der Waals surface area (Å²) in [6.07, 6.45) is 5.48. The molecule has 0 unspecified atom stereocenters. The van der Waals surface area contributed by atoms with Crippen molar-refractivity contribution in [2.75, 3.05) is 0 Å². The van der Waals surface area contributed by atoms with Gasteiger partial charge in [-0.1, -0.05) is 109 Å². The van der Waals surface area contributed by atoms with E-state index in [4.69, 9.17) is 29.9 Å². The molecule has 0 saturated heterocycles. The fraction of sp³-hybridized carbons (Fsp3) is 0. The van der Waals surface area contributed by atoms with Gasteiger partial charge in [0.15, 0.2) is 17.5 Å². The molecule has 9 heteroatoms. The summed E-state index contributed by atoms with van der Waals surface area (Å²) in [6.45, 7) is 0. The third-order valence-electron chi connectivity index (χ3n) is 12.1. The lowest BCUT2D eigenvalue weighted by Crippen LogP contribution is -2.03. The second kappa shape index (κ2) is 13.9. The fourth-order valence-corrected chi connectivity index (χ4v) is 9.36. The monoisotopic (exact) mass is 807 g/mol. The topological polar surface area (TPSA) is 92.1 Å². The Kier molecular flexibility index (Phi) is 7.70. The molecule has 9 nitrogen and oxygen atoms in total. The minimum absolute atomic E-state index is 0.551. The van der Waals surface area contributed by atoms with Crippen LogP contribution in [0.2, 0.25) is 0 Å². The maximum Gasteiger partial charge on any atom is 0.161 e. The van der Waals surface area contributed by atoms with Crippen LogP contribution in [0.4, 0.5) is 0 Å². The van der Waals surface area contributed by atoms with Crippen LogP contribution in [-0.4, -0.2) is 43.6 Å². The first-order valence-electron chi connectivity index (χ1n) is 20.9. The summed E-state index contributed by atoms with van der Waals surface area (Å²) in [7, 11) is 0. The van der Waals surface area contributed by atoms with Gasteiger partial charge in [-0.25, -0.2) is 29.9 Å². The van der Waals surface area contributed by atoms with Gasteiger partial charge in [0.25, 0.3) is 0 Å². The highest BCUT2D eigenvalue weighted by molar-refractivity contribution is 6.11. The van der Waals surface area contributed by atoms with Gasteiger partial charge in [-0.05, 0) is 72.8 Å². The van der Waals surface area contributed by atoms with Crippen molar-refractivity contribution in [1.82, 2.24) is 43.6 Å². The van der Waals surface area contributed by atoms with E-state index in [1.807, 2.05) is 36.8 Å². The Balaban J connectivity index is 1.01. The first kappa shape index (κ1) is 35.0. The summed E-state index contributed by atoms with van der Waals surface area (Å²) in [5, 5.41) is 6.99. The molecule has 0 atom stereocenters. The van der Waals surface area contributed by atoms with E-state index >= 15 is 0 Å². The second-order valence-electron chi connectivity index (χ2n) is 15.6. The third kappa shape index (κ3) is 5.50. The highest BCUT2D eigenvalue weighted by Crippen LogP contribution is 2.36. The van der Waals surface area contributed by atoms with Crippen LogP contribution in [-0.2, 0) is 0 Å². The lowest BCUT2D eigenvalue weighted by Gasteiger charge is -2.13. The molecule has 13 aromatic rings. The molecule has 0 bridgehead atoms. The molecule has 0 aliphatic carbocycles. The van der Waals surface area contributed by atoms with Gasteiger partial charge in [0.05, 0.1) is 33.1 Å². The molecule has 6 aromatic heterocycles. The van der Waals surface area contributed by atoms with Crippen LogP contribution in [0.5, 0.6) is 0 Å². The second-order valence-corrected chi connectivity index (χ2v) is 15.6. The molecule has 0 fully saturated rings. The van der Waals surface area contributed by atoms with Crippen molar-refractivity contribution in [2.24, 2.45) is 0 Å². The Morgan fingerprint density at radius 3 is 0.714 bits per heavy atom. The third-order valence-corrected chi connectivity index (χ3v) is 12.1. The number of para-hydroxylation sites is 6. The smallest absolute Gasteiger partial charge is 0.161 e. The molecule has 0 saturated carbocycles. The minimum atomic E-state index is 0.551. The van der Waals surface area contributed by atoms with Gasteiger partial charge in [0.2, 0.25) is 0 Å². The van der Waals surface area contributed by atoms with E-state index in [1.54, 1.807) is 0 Å². The molecule has 6 heterocycles. The lowest BCUT2D eigenvalue weighted by atomic mass is 10.0. The zero-order chi connectivity index (χ0) is 41.4. The van der Waals surface area contributed by atoms with E-state index in [9.17, 15) is 0 Å². The molecule has 0 aliphatic rings. The molecular weight excluding hydrogens is 775 g/mol. The van der Waals surface area contributed by atoms with Crippen LogP contribution in [0.25, 0.3) is 117 Å². The molecule has 0 amide bonds. The van der Waals surface area contributed by atoms with Gasteiger partial charge in [-0.15, -0.1) is 0 Å². The van der Waals surface area contributed by atoms with Crippen LogP contribution >= 0.6 is 0 Å².